The highest BCUT2D eigenvalue weighted by atomic mass is 35.5. The van der Waals surface area contributed by atoms with E-state index in [1.165, 1.54) is 0 Å². The average Bonchev–Trinajstić information content (AvgIpc) is 2.55. The molecule has 2 atom stereocenters. The maximum absolute atomic E-state index is 12.6. The summed E-state index contributed by atoms with van der Waals surface area (Å²) >= 11 is 5.82. The fraction of sp³-hybridized carbons (Fsp3) is 0.167. The van der Waals surface area contributed by atoms with Crippen molar-refractivity contribution in [1.82, 2.24) is 0 Å². The highest BCUT2D eigenvalue weighted by Crippen LogP contribution is 2.35. The van der Waals surface area contributed by atoms with E-state index in [1.807, 2.05) is 30.3 Å². The topological polar surface area (TPSA) is 54.4 Å². The largest absolute Gasteiger partial charge is 0.511 e. The summed E-state index contributed by atoms with van der Waals surface area (Å²) < 4.78 is 12.6. The third-order valence-corrected chi connectivity index (χ3v) is 5.66. The zero-order chi connectivity index (χ0) is 16.4. The summed E-state index contributed by atoms with van der Waals surface area (Å²) in [7, 11) is -1.69. The van der Waals surface area contributed by atoms with E-state index >= 15 is 0 Å². The van der Waals surface area contributed by atoms with Crippen molar-refractivity contribution in [3.8, 4) is 0 Å². The lowest BCUT2D eigenvalue weighted by Crippen LogP contribution is -2.21. The molecule has 0 radical (unpaired) electrons. The molecule has 1 N–H and O–H groups in total. The summed E-state index contributed by atoms with van der Waals surface area (Å²) in [6, 6.07) is 16.0. The van der Waals surface area contributed by atoms with Gasteiger partial charge in [0.25, 0.3) is 0 Å². The lowest BCUT2D eigenvalue weighted by Gasteiger charge is -2.23. The Morgan fingerprint density at radius 3 is 2.26 bits per heavy atom. The van der Waals surface area contributed by atoms with Gasteiger partial charge in [-0.2, -0.15) is 0 Å². The molecule has 3 nitrogen and oxygen atoms in total. The molecule has 0 amide bonds. The molecular weight excluding hydrogens is 332 g/mol. The van der Waals surface area contributed by atoms with E-state index in [0.717, 1.165) is 5.56 Å². The molecular formula is C18H15ClO3S. The van der Waals surface area contributed by atoms with Crippen molar-refractivity contribution in [2.45, 2.75) is 23.7 Å². The molecule has 0 saturated heterocycles. The second-order valence-electron chi connectivity index (χ2n) is 5.44. The number of allylic oxidation sites excluding steroid dienone is 2. The smallest absolute Gasteiger partial charge is 0.176 e. The Morgan fingerprint density at radius 2 is 1.65 bits per heavy atom. The first kappa shape index (κ1) is 16.0. The first-order valence-corrected chi connectivity index (χ1v) is 8.76. The molecule has 0 saturated carbocycles. The molecule has 0 aliphatic heterocycles. The minimum atomic E-state index is -1.69. The van der Waals surface area contributed by atoms with Crippen LogP contribution in [0.4, 0.5) is 0 Å². The lowest BCUT2D eigenvalue weighted by molar-refractivity contribution is -0.116. The summed E-state index contributed by atoms with van der Waals surface area (Å²) in [5.41, 5.74) is 1.00. The molecule has 3 rings (SSSR count). The molecule has 23 heavy (non-hydrogen) atoms. The van der Waals surface area contributed by atoms with Gasteiger partial charge in [-0.25, -0.2) is 4.21 Å². The molecule has 0 heterocycles. The first-order valence-electron chi connectivity index (χ1n) is 7.24. The number of hydrogen-bond donors (Lipinski definition) is 1. The molecule has 1 aliphatic carbocycles. The van der Waals surface area contributed by atoms with Gasteiger partial charge in [-0.05, 0) is 35.7 Å². The zero-order valence-electron chi connectivity index (χ0n) is 12.2. The van der Waals surface area contributed by atoms with Crippen molar-refractivity contribution < 1.29 is 14.1 Å². The van der Waals surface area contributed by atoms with Gasteiger partial charge in [0.1, 0.15) is 10.7 Å². The molecule has 0 fully saturated rings. The summed E-state index contributed by atoms with van der Waals surface area (Å²) in [6.45, 7) is 0. The third kappa shape index (κ3) is 3.38. The summed E-state index contributed by atoms with van der Waals surface area (Å²) in [5, 5.41) is 10.8. The minimum absolute atomic E-state index is 0.0134. The second-order valence-corrected chi connectivity index (χ2v) is 7.29. The van der Waals surface area contributed by atoms with Gasteiger partial charge >= 0.3 is 0 Å². The number of aliphatic hydroxyl groups is 1. The quantitative estimate of drug-likeness (QED) is 0.898. The number of halogens is 1. The van der Waals surface area contributed by atoms with Crippen molar-refractivity contribution in [3.63, 3.8) is 0 Å². The van der Waals surface area contributed by atoms with Crippen LogP contribution in [0.15, 0.2) is 70.2 Å². The van der Waals surface area contributed by atoms with E-state index in [4.69, 9.17) is 11.6 Å². The molecule has 1 aliphatic rings. The Morgan fingerprint density at radius 1 is 1.00 bits per heavy atom. The van der Waals surface area contributed by atoms with Gasteiger partial charge in [0.05, 0.1) is 10.8 Å². The normalized spacial score (nSPS) is 19.7. The van der Waals surface area contributed by atoms with Crippen LogP contribution in [0.25, 0.3) is 0 Å². The number of carbonyl (C=O) groups excluding carboxylic acids is 1. The zero-order valence-corrected chi connectivity index (χ0v) is 13.8. The van der Waals surface area contributed by atoms with Gasteiger partial charge < -0.3 is 5.11 Å². The number of benzene rings is 2. The standard InChI is InChI=1S/C18H15ClO3S/c19-14-6-8-15(9-7-14)23(22)18-16(20)10-13(11-17(18)21)12-4-2-1-3-5-12/h1-9,13,20H,10-11H2. The summed E-state index contributed by atoms with van der Waals surface area (Å²) in [5.74, 6) is -0.422. The van der Waals surface area contributed by atoms with Crippen LogP contribution in [-0.4, -0.2) is 15.1 Å². The second kappa shape index (κ2) is 6.69. The fourth-order valence-electron chi connectivity index (χ4n) is 2.72. The van der Waals surface area contributed by atoms with E-state index in [0.29, 0.717) is 16.3 Å². The van der Waals surface area contributed by atoms with Crippen molar-refractivity contribution in [2.75, 3.05) is 0 Å². The Labute approximate surface area is 142 Å². The van der Waals surface area contributed by atoms with Crippen LogP contribution in [0.1, 0.15) is 24.3 Å². The molecule has 0 bridgehead atoms. The number of aliphatic hydroxyl groups excluding tert-OH is 1. The maximum Gasteiger partial charge on any atom is 0.176 e. The fourth-order valence-corrected chi connectivity index (χ4v) is 4.06. The van der Waals surface area contributed by atoms with E-state index in [1.54, 1.807) is 24.3 Å². The Bertz CT molecular complexity index is 782. The number of rotatable bonds is 3. The van der Waals surface area contributed by atoms with Crippen molar-refractivity contribution in [1.29, 1.82) is 0 Å². The molecule has 5 heteroatoms. The Kier molecular flexibility index (Phi) is 4.64. The molecule has 2 unspecified atom stereocenters. The molecule has 2 aromatic carbocycles. The monoisotopic (exact) mass is 346 g/mol. The maximum atomic E-state index is 12.6. The van der Waals surface area contributed by atoms with Crippen LogP contribution in [0.2, 0.25) is 5.02 Å². The molecule has 118 valence electrons. The van der Waals surface area contributed by atoms with Crippen LogP contribution < -0.4 is 0 Å². The predicted octanol–water partition coefficient (Wildman–Crippen LogP) is 4.36. The van der Waals surface area contributed by atoms with Crippen LogP contribution in [0.3, 0.4) is 0 Å². The van der Waals surface area contributed by atoms with Gasteiger partial charge in [-0.1, -0.05) is 41.9 Å². The van der Waals surface area contributed by atoms with Gasteiger partial charge in [0, 0.05) is 22.8 Å². The first-order chi connectivity index (χ1) is 11.1. The van der Waals surface area contributed by atoms with E-state index in [2.05, 4.69) is 0 Å². The Hall–Kier alpha value is -1.91. The van der Waals surface area contributed by atoms with Crippen molar-refractivity contribution in [2.24, 2.45) is 0 Å². The highest BCUT2D eigenvalue weighted by molar-refractivity contribution is 7.90. The lowest BCUT2D eigenvalue weighted by atomic mass is 9.86. The van der Waals surface area contributed by atoms with Crippen LogP contribution >= 0.6 is 11.6 Å². The SMILES string of the molecule is O=C1CC(c2ccccc2)CC(O)=C1S(=O)c1ccc(Cl)cc1. The van der Waals surface area contributed by atoms with Gasteiger partial charge in [-0.3, -0.25) is 4.79 Å². The van der Waals surface area contributed by atoms with Crippen molar-refractivity contribution >= 4 is 28.2 Å². The van der Waals surface area contributed by atoms with Gasteiger partial charge in [0.15, 0.2) is 5.78 Å². The minimum Gasteiger partial charge on any atom is -0.511 e. The van der Waals surface area contributed by atoms with E-state index in [9.17, 15) is 14.1 Å². The van der Waals surface area contributed by atoms with Crippen LogP contribution in [-0.2, 0) is 15.6 Å². The molecule has 0 spiro atoms. The number of ketones is 1. The number of Topliss-reactive ketones (excluding diaryl/α,β-unsaturated/α-hetero) is 1. The summed E-state index contributed by atoms with van der Waals surface area (Å²) in [6.07, 6.45) is 0.577. The van der Waals surface area contributed by atoms with E-state index < -0.39 is 10.8 Å². The predicted molar refractivity (Wildman–Crippen MR) is 90.9 cm³/mol. The Balaban J connectivity index is 1.89. The van der Waals surface area contributed by atoms with Gasteiger partial charge in [-0.15, -0.1) is 0 Å². The van der Waals surface area contributed by atoms with E-state index in [-0.39, 0.29) is 28.8 Å². The number of hydrogen-bond acceptors (Lipinski definition) is 3. The highest BCUT2D eigenvalue weighted by Gasteiger charge is 2.32. The van der Waals surface area contributed by atoms with Gasteiger partial charge in [0.2, 0.25) is 0 Å². The number of carbonyl (C=O) groups is 1. The summed E-state index contributed by atoms with van der Waals surface area (Å²) in [4.78, 5) is 12.9. The van der Waals surface area contributed by atoms with Crippen LogP contribution in [0, 0.1) is 0 Å². The molecule has 2 aromatic rings. The van der Waals surface area contributed by atoms with Crippen molar-refractivity contribution in [3.05, 3.63) is 75.8 Å². The third-order valence-electron chi connectivity index (χ3n) is 3.87. The average molecular weight is 347 g/mol. The molecule has 0 aromatic heterocycles. The van der Waals surface area contributed by atoms with Crippen LogP contribution in [0.5, 0.6) is 0 Å².